The number of hydrogen-bond donors (Lipinski definition) is 0. The lowest BCUT2D eigenvalue weighted by Gasteiger charge is -2.33. The van der Waals surface area contributed by atoms with Crippen molar-refractivity contribution in [2.45, 2.75) is 5.41 Å². The van der Waals surface area contributed by atoms with Gasteiger partial charge >= 0.3 is 0 Å². The van der Waals surface area contributed by atoms with Crippen LogP contribution >= 0.6 is 0 Å². The standard InChI is InChI=1S/C69H46N2/c1-5-21-47(22-6-1)55-29-15-19-35-65(55)70(51-25-9-3-10-26-51)53-39-43-57-49(45-53)37-41-61-62-42-38-50-46-54(71(52-27-11-4-12-28-52)66-36-20-16-30-56(66)48-23-7-2-8-24-48)40-44-58(50)68(62)69(67(57)61)63-33-17-13-31-59(63)60-32-14-18-34-64(60)69/h1-46H. The molecule has 0 N–H and O–H groups in total. The Morgan fingerprint density at radius 1 is 0.239 bits per heavy atom. The molecule has 71 heavy (non-hydrogen) atoms. The monoisotopic (exact) mass is 902 g/mol. The van der Waals surface area contributed by atoms with Gasteiger partial charge in [0.15, 0.2) is 0 Å². The Morgan fingerprint density at radius 2 is 0.592 bits per heavy atom. The van der Waals surface area contributed by atoms with E-state index in [-0.39, 0.29) is 0 Å². The van der Waals surface area contributed by atoms with E-state index < -0.39 is 5.41 Å². The summed E-state index contributed by atoms with van der Waals surface area (Å²) in [4.78, 5) is 4.84. The zero-order chi connectivity index (χ0) is 46.9. The molecule has 2 aliphatic carbocycles. The molecule has 0 fully saturated rings. The smallest absolute Gasteiger partial charge is 0.0737 e. The summed E-state index contributed by atoms with van der Waals surface area (Å²) in [5.41, 5.74) is 21.4. The van der Waals surface area contributed by atoms with Crippen LogP contribution in [0.15, 0.2) is 279 Å². The second-order valence-electron chi connectivity index (χ2n) is 18.7. The van der Waals surface area contributed by atoms with Gasteiger partial charge < -0.3 is 9.80 Å². The summed E-state index contributed by atoms with van der Waals surface area (Å²) in [6.07, 6.45) is 0. The number of hydrogen-bond acceptors (Lipinski definition) is 2. The molecule has 0 heterocycles. The van der Waals surface area contributed by atoms with Crippen molar-refractivity contribution in [2.75, 3.05) is 9.80 Å². The molecule has 0 aromatic heterocycles. The van der Waals surface area contributed by atoms with Gasteiger partial charge in [-0.15, -0.1) is 0 Å². The molecule has 14 rings (SSSR count). The highest BCUT2D eigenvalue weighted by atomic mass is 15.1. The Hall–Kier alpha value is -9.24. The molecule has 1 spiro atoms. The lowest BCUT2D eigenvalue weighted by atomic mass is 9.68. The Labute approximate surface area is 414 Å². The van der Waals surface area contributed by atoms with Gasteiger partial charge in [-0.25, -0.2) is 0 Å². The van der Waals surface area contributed by atoms with E-state index in [9.17, 15) is 0 Å². The van der Waals surface area contributed by atoms with Crippen molar-refractivity contribution in [1.29, 1.82) is 0 Å². The number of fused-ring (bicyclic) bond motifs is 14. The van der Waals surface area contributed by atoms with Crippen LogP contribution in [0.25, 0.3) is 66.1 Å². The maximum absolute atomic E-state index is 2.42. The molecule has 0 saturated heterocycles. The maximum Gasteiger partial charge on any atom is 0.0737 e. The summed E-state index contributed by atoms with van der Waals surface area (Å²) < 4.78 is 0. The summed E-state index contributed by atoms with van der Waals surface area (Å²) in [5, 5.41) is 4.93. The largest absolute Gasteiger partial charge is 0.310 e. The first-order chi connectivity index (χ1) is 35.3. The molecule has 12 aromatic rings. The average molecular weight is 903 g/mol. The summed E-state index contributed by atoms with van der Waals surface area (Å²) in [6, 6.07) is 103. The third-order valence-electron chi connectivity index (χ3n) is 15.0. The first-order valence-electron chi connectivity index (χ1n) is 24.6. The highest BCUT2D eigenvalue weighted by Gasteiger charge is 2.53. The van der Waals surface area contributed by atoms with Crippen LogP contribution in [0.1, 0.15) is 22.3 Å². The number of para-hydroxylation sites is 4. The average Bonchev–Trinajstić information content (AvgIpc) is 3.92. The van der Waals surface area contributed by atoms with Gasteiger partial charge in [0, 0.05) is 33.9 Å². The Kier molecular flexibility index (Phi) is 9.47. The minimum atomic E-state index is -0.571. The van der Waals surface area contributed by atoms with Gasteiger partial charge in [0.25, 0.3) is 0 Å². The van der Waals surface area contributed by atoms with E-state index in [1.54, 1.807) is 0 Å². The minimum Gasteiger partial charge on any atom is -0.310 e. The van der Waals surface area contributed by atoms with Crippen LogP contribution in [0.3, 0.4) is 0 Å². The number of anilines is 6. The molecule has 0 saturated carbocycles. The molecule has 0 atom stereocenters. The van der Waals surface area contributed by atoms with E-state index in [0.717, 1.165) is 34.1 Å². The van der Waals surface area contributed by atoms with Gasteiger partial charge in [-0.2, -0.15) is 0 Å². The van der Waals surface area contributed by atoms with Crippen LogP contribution < -0.4 is 9.80 Å². The lowest BCUT2D eigenvalue weighted by molar-refractivity contribution is 0.809. The maximum atomic E-state index is 2.42. The summed E-state index contributed by atoms with van der Waals surface area (Å²) >= 11 is 0. The molecule has 0 bridgehead atoms. The molecule has 12 aromatic carbocycles. The fourth-order valence-corrected chi connectivity index (χ4v) is 12.1. The third kappa shape index (κ3) is 6.28. The van der Waals surface area contributed by atoms with Gasteiger partial charge in [-0.3, -0.25) is 0 Å². The topological polar surface area (TPSA) is 6.48 Å². The van der Waals surface area contributed by atoms with E-state index in [1.165, 1.54) is 88.3 Å². The quantitative estimate of drug-likeness (QED) is 0.150. The SMILES string of the molecule is c1ccc(-c2ccccc2N(c2ccccc2)c2ccc3c4c(ccc3c2)-c2ccc3cc(N(c5ccccc5)c5ccccc5-c5ccccc5)ccc3c2C42c3ccccc3-c3ccccc32)cc1. The van der Waals surface area contributed by atoms with Gasteiger partial charge in [-0.05, 0) is 138 Å². The molecule has 2 nitrogen and oxygen atoms in total. The normalized spacial score (nSPS) is 12.6. The molecule has 2 aliphatic rings. The predicted molar refractivity (Wildman–Crippen MR) is 298 cm³/mol. The highest BCUT2D eigenvalue weighted by molar-refractivity contribution is 6.10. The molecule has 332 valence electrons. The number of rotatable bonds is 8. The fourth-order valence-electron chi connectivity index (χ4n) is 12.1. The van der Waals surface area contributed by atoms with Crippen LogP contribution in [0, 0.1) is 0 Å². The summed E-state index contributed by atoms with van der Waals surface area (Å²) in [6.45, 7) is 0. The first kappa shape index (κ1) is 40.8. The zero-order valence-corrected chi connectivity index (χ0v) is 39.0. The summed E-state index contributed by atoms with van der Waals surface area (Å²) in [5.74, 6) is 0. The van der Waals surface area contributed by atoms with Crippen LogP contribution in [-0.4, -0.2) is 0 Å². The van der Waals surface area contributed by atoms with Crippen molar-refractivity contribution in [3.63, 3.8) is 0 Å². The van der Waals surface area contributed by atoms with Gasteiger partial charge in [0.2, 0.25) is 0 Å². The molecule has 0 unspecified atom stereocenters. The van der Waals surface area contributed by atoms with Crippen LogP contribution in [0.2, 0.25) is 0 Å². The van der Waals surface area contributed by atoms with Gasteiger partial charge in [-0.1, -0.05) is 218 Å². The highest BCUT2D eigenvalue weighted by Crippen LogP contribution is 2.65. The van der Waals surface area contributed by atoms with Crippen molar-refractivity contribution in [2.24, 2.45) is 0 Å². The van der Waals surface area contributed by atoms with E-state index >= 15 is 0 Å². The van der Waals surface area contributed by atoms with E-state index in [2.05, 4.69) is 289 Å². The molecule has 0 aliphatic heterocycles. The van der Waals surface area contributed by atoms with E-state index in [1.807, 2.05) is 0 Å². The predicted octanol–water partition coefficient (Wildman–Crippen LogP) is 18.6. The minimum absolute atomic E-state index is 0.571. The molecule has 0 amide bonds. The van der Waals surface area contributed by atoms with Crippen LogP contribution in [0.4, 0.5) is 34.1 Å². The molecular weight excluding hydrogens is 857 g/mol. The zero-order valence-electron chi connectivity index (χ0n) is 39.0. The van der Waals surface area contributed by atoms with Crippen molar-refractivity contribution in [3.8, 4) is 44.5 Å². The lowest BCUT2D eigenvalue weighted by Crippen LogP contribution is -2.26. The first-order valence-corrected chi connectivity index (χ1v) is 24.6. The van der Waals surface area contributed by atoms with Gasteiger partial charge in [0.05, 0.1) is 16.8 Å². The molecular formula is C69H46N2. The fraction of sp³-hybridized carbons (Fsp3) is 0.0145. The van der Waals surface area contributed by atoms with Crippen molar-refractivity contribution < 1.29 is 0 Å². The second kappa shape index (κ2) is 16.5. The van der Waals surface area contributed by atoms with Crippen molar-refractivity contribution >= 4 is 55.7 Å². The molecule has 2 heteroatoms. The van der Waals surface area contributed by atoms with E-state index in [0.29, 0.717) is 0 Å². The number of benzene rings is 12. The third-order valence-corrected chi connectivity index (χ3v) is 15.0. The van der Waals surface area contributed by atoms with Crippen LogP contribution in [-0.2, 0) is 5.41 Å². The van der Waals surface area contributed by atoms with E-state index in [4.69, 9.17) is 0 Å². The molecule has 0 radical (unpaired) electrons. The number of nitrogens with zero attached hydrogens (tertiary/aromatic N) is 2. The summed E-state index contributed by atoms with van der Waals surface area (Å²) in [7, 11) is 0. The Bertz CT molecular complexity index is 3730. The van der Waals surface area contributed by atoms with Gasteiger partial charge in [0.1, 0.15) is 0 Å². The van der Waals surface area contributed by atoms with Crippen molar-refractivity contribution in [1.82, 2.24) is 0 Å². The van der Waals surface area contributed by atoms with Crippen molar-refractivity contribution in [3.05, 3.63) is 301 Å². The Balaban J connectivity index is 0.997. The Morgan fingerprint density at radius 3 is 1.01 bits per heavy atom. The second-order valence-corrected chi connectivity index (χ2v) is 18.7. The van der Waals surface area contributed by atoms with Crippen LogP contribution in [0.5, 0.6) is 0 Å².